The summed E-state index contributed by atoms with van der Waals surface area (Å²) in [6.07, 6.45) is 4.92. The first-order valence-electron chi connectivity index (χ1n) is 6.94. The fourth-order valence-corrected chi connectivity index (χ4v) is 3.90. The number of piperazine rings is 1. The Kier molecular flexibility index (Phi) is 4.82. The van der Waals surface area contributed by atoms with Crippen LogP contribution in [-0.4, -0.2) is 60.4 Å². The number of nitrogens with one attached hydrogen (secondary N) is 1. The number of nitrogens with zero attached hydrogens (tertiary/aromatic N) is 2. The number of aromatic amines is 1. The Morgan fingerprint density at radius 2 is 2.00 bits per heavy atom. The van der Waals surface area contributed by atoms with Crippen LogP contribution in [0.4, 0.5) is 0 Å². The van der Waals surface area contributed by atoms with Crippen LogP contribution in [0.15, 0.2) is 18.5 Å². The number of amides is 1. The average Bonchev–Trinajstić information content (AvgIpc) is 2.99. The highest BCUT2D eigenvalue weighted by molar-refractivity contribution is 7.89. The summed E-state index contributed by atoms with van der Waals surface area (Å²) in [7, 11) is -3.16. The SMILES string of the molecule is CCCCS(=O)(=O)N1CCN(C(=O)c2cc[nH]c2)CC1. The second kappa shape index (κ2) is 6.41. The maximum atomic E-state index is 12.1. The monoisotopic (exact) mass is 299 g/mol. The van der Waals surface area contributed by atoms with Crippen molar-refractivity contribution in [2.45, 2.75) is 19.8 Å². The predicted octanol–water partition coefficient (Wildman–Crippen LogP) is 0.902. The molecule has 0 saturated carbocycles. The van der Waals surface area contributed by atoms with Gasteiger partial charge in [-0.15, -0.1) is 0 Å². The molecule has 1 N–H and O–H groups in total. The summed E-state index contributed by atoms with van der Waals surface area (Å²) in [5.74, 6) is 0.159. The molecular weight excluding hydrogens is 278 g/mol. The maximum absolute atomic E-state index is 12.1. The first-order chi connectivity index (χ1) is 9.54. The number of unbranched alkanes of at least 4 members (excludes halogenated alkanes) is 1. The van der Waals surface area contributed by atoms with E-state index >= 15 is 0 Å². The Morgan fingerprint density at radius 3 is 2.55 bits per heavy atom. The Balaban J connectivity index is 1.91. The van der Waals surface area contributed by atoms with Crippen molar-refractivity contribution in [3.8, 4) is 0 Å². The maximum Gasteiger partial charge on any atom is 0.255 e. The van der Waals surface area contributed by atoms with Crippen molar-refractivity contribution in [2.75, 3.05) is 31.9 Å². The third kappa shape index (κ3) is 3.40. The van der Waals surface area contributed by atoms with E-state index in [0.717, 1.165) is 6.42 Å². The third-order valence-corrected chi connectivity index (χ3v) is 5.48. The van der Waals surface area contributed by atoms with E-state index in [9.17, 15) is 13.2 Å². The van der Waals surface area contributed by atoms with Gasteiger partial charge in [-0.3, -0.25) is 4.79 Å². The molecule has 0 atom stereocenters. The zero-order valence-corrected chi connectivity index (χ0v) is 12.5. The summed E-state index contributed by atoms with van der Waals surface area (Å²) >= 11 is 0. The van der Waals surface area contributed by atoms with Gasteiger partial charge in [0.15, 0.2) is 0 Å². The molecular formula is C13H21N3O3S. The van der Waals surface area contributed by atoms with E-state index < -0.39 is 10.0 Å². The number of rotatable bonds is 5. The molecule has 1 aliphatic rings. The van der Waals surface area contributed by atoms with Crippen LogP contribution in [-0.2, 0) is 10.0 Å². The van der Waals surface area contributed by atoms with E-state index in [4.69, 9.17) is 0 Å². The van der Waals surface area contributed by atoms with Gasteiger partial charge in [-0.1, -0.05) is 13.3 Å². The second-order valence-electron chi connectivity index (χ2n) is 4.96. The molecule has 0 radical (unpaired) electrons. The van der Waals surface area contributed by atoms with Gasteiger partial charge in [0, 0.05) is 38.6 Å². The van der Waals surface area contributed by atoms with Gasteiger partial charge in [0.2, 0.25) is 10.0 Å². The van der Waals surface area contributed by atoms with Crippen LogP contribution in [0.3, 0.4) is 0 Å². The van der Waals surface area contributed by atoms with E-state index in [-0.39, 0.29) is 11.7 Å². The molecule has 1 aromatic rings. The van der Waals surface area contributed by atoms with Gasteiger partial charge in [-0.05, 0) is 12.5 Å². The van der Waals surface area contributed by atoms with Gasteiger partial charge < -0.3 is 9.88 Å². The molecule has 20 heavy (non-hydrogen) atoms. The fourth-order valence-electron chi connectivity index (χ4n) is 2.26. The lowest BCUT2D eigenvalue weighted by Crippen LogP contribution is -2.51. The molecule has 7 heteroatoms. The summed E-state index contributed by atoms with van der Waals surface area (Å²) in [5.41, 5.74) is 0.618. The van der Waals surface area contributed by atoms with Crippen molar-refractivity contribution < 1.29 is 13.2 Å². The summed E-state index contributed by atoms with van der Waals surface area (Å²) in [6, 6.07) is 1.73. The molecule has 0 unspecified atom stereocenters. The molecule has 6 nitrogen and oxygen atoms in total. The van der Waals surface area contributed by atoms with Gasteiger partial charge in [0.1, 0.15) is 0 Å². The molecule has 0 aliphatic carbocycles. The lowest BCUT2D eigenvalue weighted by molar-refractivity contribution is 0.0698. The molecule has 1 aliphatic heterocycles. The Bertz CT molecular complexity index is 531. The summed E-state index contributed by atoms with van der Waals surface area (Å²) in [6.45, 7) is 3.66. The highest BCUT2D eigenvalue weighted by atomic mass is 32.2. The number of aromatic nitrogens is 1. The smallest absolute Gasteiger partial charge is 0.255 e. The van der Waals surface area contributed by atoms with Crippen molar-refractivity contribution in [3.63, 3.8) is 0 Å². The first-order valence-corrected chi connectivity index (χ1v) is 8.55. The Labute approximate surface area is 119 Å². The minimum absolute atomic E-state index is 0.0446. The molecule has 1 saturated heterocycles. The van der Waals surface area contributed by atoms with Gasteiger partial charge >= 0.3 is 0 Å². The first kappa shape index (κ1) is 15.1. The molecule has 1 amide bonds. The average molecular weight is 299 g/mol. The van der Waals surface area contributed by atoms with Crippen molar-refractivity contribution in [3.05, 3.63) is 24.0 Å². The number of hydrogen-bond donors (Lipinski definition) is 1. The molecule has 2 rings (SSSR count). The molecule has 0 bridgehead atoms. The molecule has 2 heterocycles. The minimum atomic E-state index is -3.16. The summed E-state index contributed by atoms with van der Waals surface area (Å²) in [5, 5.41) is 0. The van der Waals surface area contributed by atoms with Crippen LogP contribution < -0.4 is 0 Å². The molecule has 112 valence electrons. The number of H-pyrrole nitrogens is 1. The van der Waals surface area contributed by atoms with Crippen LogP contribution in [0.1, 0.15) is 30.1 Å². The Morgan fingerprint density at radius 1 is 1.30 bits per heavy atom. The Hall–Kier alpha value is -1.34. The van der Waals surface area contributed by atoms with E-state index in [1.54, 1.807) is 23.4 Å². The highest BCUT2D eigenvalue weighted by Crippen LogP contribution is 2.12. The van der Waals surface area contributed by atoms with Crippen LogP contribution in [0.2, 0.25) is 0 Å². The molecule has 1 aromatic heterocycles. The largest absolute Gasteiger partial charge is 0.367 e. The van der Waals surface area contributed by atoms with Crippen LogP contribution >= 0.6 is 0 Å². The van der Waals surface area contributed by atoms with Crippen molar-refractivity contribution in [1.29, 1.82) is 0 Å². The fraction of sp³-hybridized carbons (Fsp3) is 0.615. The van der Waals surface area contributed by atoms with Gasteiger partial charge in [-0.2, -0.15) is 4.31 Å². The number of sulfonamides is 1. The molecule has 0 aromatic carbocycles. The van der Waals surface area contributed by atoms with Gasteiger partial charge in [0.25, 0.3) is 5.91 Å². The molecule has 0 spiro atoms. The van der Waals surface area contributed by atoms with E-state index in [0.29, 0.717) is 38.2 Å². The summed E-state index contributed by atoms with van der Waals surface area (Å²) in [4.78, 5) is 16.7. The van der Waals surface area contributed by atoms with Crippen molar-refractivity contribution >= 4 is 15.9 Å². The van der Waals surface area contributed by atoms with Crippen LogP contribution in [0.5, 0.6) is 0 Å². The van der Waals surface area contributed by atoms with E-state index in [1.165, 1.54) is 4.31 Å². The highest BCUT2D eigenvalue weighted by Gasteiger charge is 2.28. The number of carbonyl (C=O) groups excluding carboxylic acids is 1. The van der Waals surface area contributed by atoms with Crippen molar-refractivity contribution in [1.82, 2.24) is 14.2 Å². The topological polar surface area (TPSA) is 73.5 Å². The zero-order valence-electron chi connectivity index (χ0n) is 11.7. The zero-order chi connectivity index (χ0) is 14.6. The minimum Gasteiger partial charge on any atom is -0.367 e. The van der Waals surface area contributed by atoms with E-state index in [1.807, 2.05) is 6.92 Å². The normalized spacial score (nSPS) is 17.4. The van der Waals surface area contributed by atoms with Gasteiger partial charge in [0.05, 0.1) is 11.3 Å². The summed E-state index contributed by atoms with van der Waals surface area (Å²) < 4.78 is 25.6. The third-order valence-electron chi connectivity index (χ3n) is 3.52. The lowest BCUT2D eigenvalue weighted by Gasteiger charge is -2.33. The number of hydrogen-bond acceptors (Lipinski definition) is 3. The van der Waals surface area contributed by atoms with E-state index in [2.05, 4.69) is 4.98 Å². The van der Waals surface area contributed by atoms with Crippen molar-refractivity contribution in [2.24, 2.45) is 0 Å². The van der Waals surface area contributed by atoms with Crippen LogP contribution in [0, 0.1) is 0 Å². The predicted molar refractivity (Wildman–Crippen MR) is 77.0 cm³/mol. The molecule has 1 fully saturated rings. The van der Waals surface area contributed by atoms with Gasteiger partial charge in [-0.25, -0.2) is 8.42 Å². The second-order valence-corrected chi connectivity index (χ2v) is 7.05. The number of carbonyl (C=O) groups is 1. The quantitative estimate of drug-likeness (QED) is 0.878. The standard InChI is InChI=1S/C13H21N3O3S/c1-2-3-10-20(18,19)16-8-6-15(7-9-16)13(17)12-4-5-14-11-12/h4-5,11,14H,2-3,6-10H2,1H3. The lowest BCUT2D eigenvalue weighted by atomic mass is 10.2. The van der Waals surface area contributed by atoms with Crippen LogP contribution in [0.25, 0.3) is 0 Å².